The molecule has 4 rings (SSSR count). The van der Waals surface area contributed by atoms with Gasteiger partial charge >= 0.3 is 0 Å². The zero-order chi connectivity index (χ0) is 19.3. The van der Waals surface area contributed by atoms with Crippen LogP contribution in [0, 0.1) is 0 Å². The smallest absolute Gasteiger partial charge is 0.270 e. The number of thiazole rings is 1. The molecule has 0 radical (unpaired) electrons. The minimum Gasteiger partial charge on any atom is -0.496 e. The molecule has 0 unspecified atom stereocenters. The van der Waals surface area contributed by atoms with Gasteiger partial charge in [0.05, 0.1) is 12.7 Å². The lowest BCUT2D eigenvalue weighted by atomic mass is 10.0. The summed E-state index contributed by atoms with van der Waals surface area (Å²) in [6.07, 6.45) is 3.60. The number of pyridine rings is 1. The van der Waals surface area contributed by atoms with Crippen LogP contribution >= 0.6 is 11.3 Å². The number of methoxy groups -OCH3 is 1. The number of nitrogens with zero attached hydrogens (tertiary/aromatic N) is 3. The Balaban J connectivity index is 1.37. The summed E-state index contributed by atoms with van der Waals surface area (Å²) in [5.41, 5.74) is 1.36. The number of rotatable bonds is 5. The van der Waals surface area contributed by atoms with Crippen LogP contribution < -0.4 is 15.0 Å². The van der Waals surface area contributed by atoms with Gasteiger partial charge in [-0.15, -0.1) is 11.3 Å². The Morgan fingerprint density at radius 1 is 1.18 bits per heavy atom. The molecule has 3 aromatic rings. The first-order chi connectivity index (χ1) is 13.7. The lowest BCUT2D eigenvalue weighted by Crippen LogP contribution is -2.45. The van der Waals surface area contributed by atoms with Crippen LogP contribution in [0.15, 0.2) is 54.0 Å². The molecule has 3 heterocycles. The first kappa shape index (κ1) is 18.4. The Labute approximate surface area is 168 Å². The molecule has 28 heavy (non-hydrogen) atoms. The van der Waals surface area contributed by atoms with E-state index in [9.17, 15) is 4.79 Å². The van der Waals surface area contributed by atoms with Crippen LogP contribution in [0.1, 0.15) is 23.3 Å². The van der Waals surface area contributed by atoms with Crippen molar-refractivity contribution in [2.75, 3.05) is 25.1 Å². The van der Waals surface area contributed by atoms with E-state index in [1.807, 2.05) is 48.7 Å². The summed E-state index contributed by atoms with van der Waals surface area (Å²) in [5.74, 6) is 1.63. The summed E-state index contributed by atoms with van der Waals surface area (Å²) in [4.78, 5) is 23.8. The number of aromatic nitrogens is 2. The second kappa shape index (κ2) is 8.39. The van der Waals surface area contributed by atoms with Crippen molar-refractivity contribution in [2.24, 2.45) is 0 Å². The predicted molar refractivity (Wildman–Crippen MR) is 111 cm³/mol. The molecule has 2 aromatic heterocycles. The highest BCUT2D eigenvalue weighted by Gasteiger charge is 2.23. The van der Waals surface area contributed by atoms with Crippen molar-refractivity contribution in [3.63, 3.8) is 0 Å². The topological polar surface area (TPSA) is 67.3 Å². The number of carbonyl (C=O) groups is 1. The van der Waals surface area contributed by atoms with Crippen LogP contribution in [0.3, 0.4) is 0 Å². The van der Waals surface area contributed by atoms with Crippen molar-refractivity contribution in [1.29, 1.82) is 0 Å². The first-order valence-corrected chi connectivity index (χ1v) is 10.2. The fourth-order valence-corrected chi connectivity index (χ4v) is 4.21. The molecule has 1 amide bonds. The first-order valence-electron chi connectivity index (χ1n) is 9.30. The van der Waals surface area contributed by atoms with Gasteiger partial charge in [0.15, 0.2) is 0 Å². The van der Waals surface area contributed by atoms with Crippen LogP contribution in [0.4, 0.5) is 5.82 Å². The Kier molecular flexibility index (Phi) is 5.53. The fraction of sp³-hybridized carbons (Fsp3) is 0.286. The van der Waals surface area contributed by atoms with Crippen LogP contribution in [0.5, 0.6) is 5.75 Å². The normalized spacial score (nSPS) is 14.7. The summed E-state index contributed by atoms with van der Waals surface area (Å²) in [6, 6.07) is 13.8. The molecule has 0 saturated carbocycles. The van der Waals surface area contributed by atoms with E-state index in [0.717, 1.165) is 48.1 Å². The molecule has 6 nitrogen and oxygen atoms in total. The zero-order valence-corrected chi connectivity index (χ0v) is 16.5. The van der Waals surface area contributed by atoms with Crippen molar-refractivity contribution in [2.45, 2.75) is 18.9 Å². The number of benzene rings is 1. The van der Waals surface area contributed by atoms with Crippen LogP contribution in [-0.4, -0.2) is 42.1 Å². The van der Waals surface area contributed by atoms with E-state index in [2.05, 4.69) is 20.2 Å². The van der Waals surface area contributed by atoms with Gasteiger partial charge in [-0.05, 0) is 37.1 Å². The van der Waals surface area contributed by atoms with E-state index >= 15 is 0 Å². The minimum absolute atomic E-state index is 0.117. The maximum absolute atomic E-state index is 12.6. The zero-order valence-electron chi connectivity index (χ0n) is 15.7. The summed E-state index contributed by atoms with van der Waals surface area (Å²) in [6.45, 7) is 1.76. The molecule has 7 heteroatoms. The number of carbonyl (C=O) groups excluding carboxylic acids is 1. The van der Waals surface area contributed by atoms with Crippen molar-refractivity contribution in [1.82, 2.24) is 15.3 Å². The number of nitrogens with one attached hydrogen (secondary N) is 1. The maximum atomic E-state index is 12.6. The second-order valence-corrected chi connectivity index (χ2v) is 7.52. The molecule has 0 spiro atoms. The monoisotopic (exact) mass is 394 g/mol. The van der Waals surface area contributed by atoms with Gasteiger partial charge in [-0.1, -0.05) is 18.2 Å². The molecule has 1 aliphatic heterocycles. The van der Waals surface area contributed by atoms with Crippen LogP contribution in [-0.2, 0) is 0 Å². The van der Waals surface area contributed by atoms with Crippen molar-refractivity contribution < 1.29 is 9.53 Å². The lowest BCUT2D eigenvalue weighted by molar-refractivity contribution is 0.0927. The van der Waals surface area contributed by atoms with E-state index in [0.29, 0.717) is 5.69 Å². The molecular formula is C21H22N4O2S. The lowest BCUT2D eigenvalue weighted by Gasteiger charge is -2.33. The van der Waals surface area contributed by atoms with Gasteiger partial charge in [-0.2, -0.15) is 0 Å². The number of amides is 1. The summed E-state index contributed by atoms with van der Waals surface area (Å²) in [5, 5.41) is 5.72. The van der Waals surface area contributed by atoms with Crippen LogP contribution in [0.25, 0.3) is 10.6 Å². The second-order valence-electron chi connectivity index (χ2n) is 6.66. The van der Waals surface area contributed by atoms with Gasteiger partial charge in [0.2, 0.25) is 0 Å². The number of ether oxygens (including phenoxy) is 1. The number of hydrogen-bond donors (Lipinski definition) is 1. The largest absolute Gasteiger partial charge is 0.496 e. The molecular weight excluding hydrogens is 372 g/mol. The number of hydrogen-bond acceptors (Lipinski definition) is 6. The molecule has 1 aliphatic rings. The highest BCUT2D eigenvalue weighted by Crippen LogP contribution is 2.31. The van der Waals surface area contributed by atoms with Gasteiger partial charge < -0.3 is 15.0 Å². The van der Waals surface area contributed by atoms with E-state index in [-0.39, 0.29) is 11.9 Å². The van der Waals surface area contributed by atoms with Gasteiger partial charge in [0.25, 0.3) is 5.91 Å². The highest BCUT2D eigenvalue weighted by molar-refractivity contribution is 7.13. The van der Waals surface area contributed by atoms with Gasteiger partial charge in [0.1, 0.15) is 22.3 Å². The van der Waals surface area contributed by atoms with Crippen LogP contribution in [0.2, 0.25) is 0 Å². The van der Waals surface area contributed by atoms with E-state index < -0.39 is 0 Å². The van der Waals surface area contributed by atoms with Gasteiger partial charge in [-0.25, -0.2) is 9.97 Å². The minimum atomic E-state index is -0.117. The third kappa shape index (κ3) is 3.99. The quantitative estimate of drug-likeness (QED) is 0.716. The summed E-state index contributed by atoms with van der Waals surface area (Å²) >= 11 is 1.45. The number of anilines is 1. The molecule has 144 valence electrons. The average molecular weight is 395 g/mol. The van der Waals surface area contributed by atoms with E-state index in [4.69, 9.17) is 4.74 Å². The molecule has 0 aliphatic carbocycles. The van der Waals surface area contributed by atoms with E-state index in [1.165, 1.54) is 11.3 Å². The Bertz CT molecular complexity index is 936. The van der Waals surface area contributed by atoms with Gasteiger partial charge in [-0.3, -0.25) is 4.79 Å². The Hall–Kier alpha value is -2.93. The highest BCUT2D eigenvalue weighted by atomic mass is 32.1. The third-order valence-electron chi connectivity index (χ3n) is 4.88. The number of para-hydroxylation sites is 1. The fourth-order valence-electron chi connectivity index (χ4n) is 3.38. The Morgan fingerprint density at radius 3 is 2.71 bits per heavy atom. The van der Waals surface area contributed by atoms with Crippen molar-refractivity contribution in [3.8, 4) is 16.3 Å². The summed E-state index contributed by atoms with van der Waals surface area (Å²) < 4.78 is 5.39. The predicted octanol–water partition coefficient (Wildman–Crippen LogP) is 3.61. The SMILES string of the molecule is COc1ccccc1-c1nc(C(=O)NC2CCN(c3ccccn3)CC2)cs1. The molecule has 1 aromatic carbocycles. The molecule has 0 atom stereocenters. The third-order valence-corrected chi connectivity index (χ3v) is 5.75. The molecule has 1 N–H and O–H groups in total. The molecule has 1 saturated heterocycles. The van der Waals surface area contributed by atoms with E-state index in [1.54, 1.807) is 12.5 Å². The van der Waals surface area contributed by atoms with Crippen molar-refractivity contribution in [3.05, 3.63) is 59.7 Å². The standard InChI is InChI=1S/C21H22N4O2S/c1-27-18-7-3-2-6-16(18)21-24-17(14-28-21)20(26)23-15-9-12-25(13-10-15)19-8-4-5-11-22-19/h2-8,11,14-15H,9-10,12-13H2,1H3,(H,23,26). The Morgan fingerprint density at radius 2 is 1.96 bits per heavy atom. The van der Waals surface area contributed by atoms with Gasteiger partial charge in [0, 0.05) is 30.7 Å². The summed E-state index contributed by atoms with van der Waals surface area (Å²) in [7, 11) is 1.64. The van der Waals surface area contributed by atoms with Crippen molar-refractivity contribution >= 4 is 23.1 Å². The number of piperidine rings is 1. The molecule has 1 fully saturated rings. The molecule has 0 bridgehead atoms. The average Bonchev–Trinajstić information content (AvgIpc) is 3.25. The maximum Gasteiger partial charge on any atom is 0.270 e.